The van der Waals surface area contributed by atoms with Gasteiger partial charge in [0.2, 0.25) is 0 Å². The van der Waals surface area contributed by atoms with Gasteiger partial charge < -0.3 is 9.32 Å². The Bertz CT molecular complexity index is 2950. The minimum atomic E-state index is 0.898. The van der Waals surface area contributed by atoms with E-state index in [0.29, 0.717) is 0 Å². The lowest BCUT2D eigenvalue weighted by atomic mass is 9.88. The Morgan fingerprint density at radius 2 is 0.833 bits per heavy atom. The van der Waals surface area contributed by atoms with E-state index in [4.69, 9.17) is 4.42 Å². The first-order chi connectivity index (χ1) is 26.8. The molecule has 0 saturated carbocycles. The van der Waals surface area contributed by atoms with Crippen LogP contribution in [0.4, 0.5) is 17.1 Å². The van der Waals surface area contributed by atoms with Crippen LogP contribution in [0.5, 0.6) is 0 Å². The molecule has 0 N–H and O–H groups in total. The summed E-state index contributed by atoms with van der Waals surface area (Å²) in [4.78, 5) is 2.43. The van der Waals surface area contributed by atoms with Crippen molar-refractivity contribution >= 4 is 49.8 Å². The molecule has 1 aromatic heterocycles. The first-order valence-corrected chi connectivity index (χ1v) is 18.4. The molecule has 0 aliphatic heterocycles. The van der Waals surface area contributed by atoms with Crippen molar-refractivity contribution in [1.29, 1.82) is 0 Å². The predicted octanol–water partition coefficient (Wildman–Crippen LogP) is 14.9. The van der Waals surface area contributed by atoms with E-state index < -0.39 is 0 Å². The molecule has 2 nitrogen and oxygen atoms in total. The van der Waals surface area contributed by atoms with Crippen LogP contribution in [-0.4, -0.2) is 0 Å². The molecular formula is C52H35NO. The van der Waals surface area contributed by atoms with Crippen molar-refractivity contribution in [1.82, 2.24) is 0 Å². The minimum Gasteiger partial charge on any atom is -0.455 e. The van der Waals surface area contributed by atoms with E-state index in [0.717, 1.165) is 55.7 Å². The second-order valence-corrected chi connectivity index (χ2v) is 13.6. The van der Waals surface area contributed by atoms with Crippen molar-refractivity contribution in [2.75, 3.05) is 4.90 Å². The molecule has 0 atom stereocenters. The summed E-state index contributed by atoms with van der Waals surface area (Å²) >= 11 is 0. The molecule has 0 aliphatic rings. The molecule has 254 valence electrons. The molecule has 1 heterocycles. The van der Waals surface area contributed by atoms with Crippen LogP contribution in [0.25, 0.3) is 77.2 Å². The normalized spacial score (nSPS) is 11.3. The van der Waals surface area contributed by atoms with Crippen LogP contribution in [0, 0.1) is 0 Å². The highest BCUT2D eigenvalue weighted by Crippen LogP contribution is 2.47. The number of fused-ring (bicyclic) bond motifs is 4. The molecule has 10 aromatic rings. The van der Waals surface area contributed by atoms with Gasteiger partial charge in [-0.2, -0.15) is 0 Å². The summed E-state index contributed by atoms with van der Waals surface area (Å²) in [5.41, 5.74) is 14.3. The van der Waals surface area contributed by atoms with Crippen molar-refractivity contribution in [3.8, 4) is 44.5 Å². The molecule has 0 saturated heterocycles. The zero-order chi connectivity index (χ0) is 35.8. The maximum atomic E-state index is 6.53. The van der Waals surface area contributed by atoms with E-state index in [1.165, 1.54) is 38.6 Å². The van der Waals surface area contributed by atoms with Gasteiger partial charge in [-0.15, -0.1) is 0 Å². The van der Waals surface area contributed by atoms with Gasteiger partial charge >= 0.3 is 0 Å². The zero-order valence-corrected chi connectivity index (χ0v) is 29.6. The quantitative estimate of drug-likeness (QED) is 0.166. The first-order valence-electron chi connectivity index (χ1n) is 18.4. The minimum absolute atomic E-state index is 0.898. The number of para-hydroxylation sites is 3. The molecule has 0 unspecified atom stereocenters. The fourth-order valence-electron chi connectivity index (χ4n) is 8.03. The Morgan fingerprint density at radius 3 is 1.67 bits per heavy atom. The molecule has 0 bridgehead atoms. The van der Waals surface area contributed by atoms with Crippen molar-refractivity contribution in [2.45, 2.75) is 0 Å². The van der Waals surface area contributed by atoms with E-state index in [2.05, 4.69) is 205 Å². The fourth-order valence-corrected chi connectivity index (χ4v) is 8.03. The number of rotatable bonds is 7. The van der Waals surface area contributed by atoms with Gasteiger partial charge in [0, 0.05) is 33.0 Å². The van der Waals surface area contributed by atoms with Gasteiger partial charge in [0.15, 0.2) is 0 Å². The average molecular weight is 690 g/mol. The van der Waals surface area contributed by atoms with Crippen LogP contribution >= 0.6 is 0 Å². The molecule has 0 aliphatic carbocycles. The maximum Gasteiger partial charge on any atom is 0.143 e. The third kappa shape index (κ3) is 5.44. The standard InChI is InChI=1S/C52H35NO/c1-2-17-36(18-3-1)40-23-6-7-25-43(40)44-26-8-9-27-45(44)46-28-10-12-32-50(46)53(49-33-15-20-37-19-4-5-24-41(37)49)39-22-14-21-38(35-39)42-30-16-31-48-47-29-11-13-34-51(47)54-52(42)48/h1-35H. The van der Waals surface area contributed by atoms with E-state index in [1.54, 1.807) is 0 Å². The molecular weight excluding hydrogens is 655 g/mol. The summed E-state index contributed by atoms with van der Waals surface area (Å²) in [6, 6.07) is 75.9. The van der Waals surface area contributed by atoms with Crippen LogP contribution in [-0.2, 0) is 0 Å². The van der Waals surface area contributed by atoms with E-state index in [9.17, 15) is 0 Å². The molecule has 9 aromatic carbocycles. The van der Waals surface area contributed by atoms with Gasteiger partial charge in [-0.1, -0.05) is 182 Å². The van der Waals surface area contributed by atoms with Gasteiger partial charge in [0.1, 0.15) is 11.2 Å². The summed E-state index contributed by atoms with van der Waals surface area (Å²) in [6.07, 6.45) is 0. The Kier molecular flexibility index (Phi) is 7.85. The second kappa shape index (κ2) is 13.4. The first kappa shape index (κ1) is 31.6. The number of anilines is 3. The van der Waals surface area contributed by atoms with Gasteiger partial charge in [-0.05, 0) is 69.1 Å². The van der Waals surface area contributed by atoms with Crippen LogP contribution in [0.15, 0.2) is 217 Å². The van der Waals surface area contributed by atoms with Crippen LogP contribution in [0.1, 0.15) is 0 Å². The van der Waals surface area contributed by atoms with Gasteiger partial charge in [0.05, 0.1) is 11.4 Å². The summed E-state index contributed by atoms with van der Waals surface area (Å²) in [5.74, 6) is 0. The number of furan rings is 1. The summed E-state index contributed by atoms with van der Waals surface area (Å²) in [6.45, 7) is 0. The fraction of sp³-hybridized carbons (Fsp3) is 0. The van der Waals surface area contributed by atoms with Crippen LogP contribution < -0.4 is 4.90 Å². The molecule has 10 rings (SSSR count). The predicted molar refractivity (Wildman–Crippen MR) is 228 cm³/mol. The molecule has 54 heavy (non-hydrogen) atoms. The lowest BCUT2D eigenvalue weighted by molar-refractivity contribution is 0.670. The largest absolute Gasteiger partial charge is 0.455 e. The number of nitrogens with zero attached hydrogens (tertiary/aromatic N) is 1. The monoisotopic (exact) mass is 689 g/mol. The summed E-state index contributed by atoms with van der Waals surface area (Å²) in [5, 5.41) is 4.63. The SMILES string of the molecule is c1ccc(-c2ccccc2-c2ccccc2-c2ccccc2N(c2cccc(-c3cccc4c3oc3ccccc34)c2)c2cccc3ccccc23)cc1. The highest BCUT2D eigenvalue weighted by Gasteiger charge is 2.22. The van der Waals surface area contributed by atoms with Gasteiger partial charge in [0.25, 0.3) is 0 Å². The van der Waals surface area contributed by atoms with Crippen molar-refractivity contribution in [3.05, 3.63) is 212 Å². The van der Waals surface area contributed by atoms with Crippen LogP contribution in [0.2, 0.25) is 0 Å². The third-order valence-electron chi connectivity index (χ3n) is 10.5. The summed E-state index contributed by atoms with van der Waals surface area (Å²) in [7, 11) is 0. The second-order valence-electron chi connectivity index (χ2n) is 13.6. The Balaban J connectivity index is 1.20. The molecule has 2 heteroatoms. The Morgan fingerprint density at radius 1 is 0.315 bits per heavy atom. The highest BCUT2D eigenvalue weighted by molar-refractivity contribution is 6.10. The van der Waals surface area contributed by atoms with Crippen molar-refractivity contribution in [2.24, 2.45) is 0 Å². The third-order valence-corrected chi connectivity index (χ3v) is 10.5. The molecule has 0 spiro atoms. The van der Waals surface area contributed by atoms with Gasteiger partial charge in [-0.25, -0.2) is 0 Å². The smallest absolute Gasteiger partial charge is 0.143 e. The molecule has 0 fully saturated rings. The average Bonchev–Trinajstić information content (AvgIpc) is 3.64. The van der Waals surface area contributed by atoms with Crippen molar-refractivity contribution < 1.29 is 4.42 Å². The Hall–Kier alpha value is -7.16. The lowest BCUT2D eigenvalue weighted by Gasteiger charge is -2.30. The zero-order valence-electron chi connectivity index (χ0n) is 29.6. The van der Waals surface area contributed by atoms with E-state index in [1.807, 2.05) is 12.1 Å². The summed E-state index contributed by atoms with van der Waals surface area (Å²) < 4.78 is 6.53. The van der Waals surface area contributed by atoms with Crippen LogP contribution in [0.3, 0.4) is 0 Å². The van der Waals surface area contributed by atoms with Crippen molar-refractivity contribution in [3.63, 3.8) is 0 Å². The number of hydrogen-bond donors (Lipinski definition) is 0. The Labute approximate surface area is 314 Å². The van der Waals surface area contributed by atoms with Gasteiger partial charge in [-0.3, -0.25) is 0 Å². The van der Waals surface area contributed by atoms with E-state index >= 15 is 0 Å². The molecule has 0 amide bonds. The molecule has 0 radical (unpaired) electrons. The topological polar surface area (TPSA) is 16.4 Å². The maximum absolute atomic E-state index is 6.53. The lowest BCUT2D eigenvalue weighted by Crippen LogP contribution is -2.12. The highest BCUT2D eigenvalue weighted by atomic mass is 16.3. The van der Waals surface area contributed by atoms with E-state index in [-0.39, 0.29) is 0 Å². The number of benzene rings is 9. The number of hydrogen-bond acceptors (Lipinski definition) is 2.